The SMILES string of the molecule is O=C(NCc1ccc(-c2ccncc2)cc1)[C@H](O)[C@@H](O)C(=O)N1CCC[C@@H]1c1ccccc1. The summed E-state index contributed by atoms with van der Waals surface area (Å²) in [5.74, 6) is -1.42. The van der Waals surface area contributed by atoms with Gasteiger partial charge in [0.15, 0.2) is 12.2 Å². The number of amides is 2. The second kappa shape index (κ2) is 10.4. The maximum absolute atomic E-state index is 12.9. The molecule has 0 saturated carbocycles. The zero-order valence-corrected chi connectivity index (χ0v) is 18.2. The van der Waals surface area contributed by atoms with Gasteiger partial charge in [0.1, 0.15) is 0 Å². The summed E-state index contributed by atoms with van der Waals surface area (Å²) in [6, 6.07) is 20.8. The summed E-state index contributed by atoms with van der Waals surface area (Å²) in [4.78, 5) is 30.8. The van der Waals surface area contributed by atoms with Crippen molar-refractivity contribution in [2.45, 2.75) is 37.6 Å². The lowest BCUT2D eigenvalue weighted by Gasteiger charge is -2.28. The van der Waals surface area contributed by atoms with Crippen molar-refractivity contribution in [2.75, 3.05) is 6.54 Å². The third-order valence-electron chi connectivity index (χ3n) is 5.98. The number of aromatic nitrogens is 1. The molecule has 1 aliphatic heterocycles. The third kappa shape index (κ3) is 5.27. The third-order valence-corrected chi connectivity index (χ3v) is 5.98. The molecule has 7 heteroatoms. The zero-order valence-electron chi connectivity index (χ0n) is 18.2. The van der Waals surface area contributed by atoms with E-state index in [4.69, 9.17) is 0 Å². The number of benzene rings is 2. The summed E-state index contributed by atoms with van der Waals surface area (Å²) < 4.78 is 0. The summed E-state index contributed by atoms with van der Waals surface area (Å²) in [6.07, 6.45) is 1.37. The molecule has 1 aliphatic rings. The second-order valence-corrected chi connectivity index (χ2v) is 8.14. The highest BCUT2D eigenvalue weighted by molar-refractivity contribution is 5.91. The number of nitrogens with one attached hydrogen (secondary N) is 1. The van der Waals surface area contributed by atoms with E-state index in [1.165, 1.54) is 0 Å². The number of rotatable bonds is 7. The summed E-state index contributed by atoms with van der Waals surface area (Å²) in [5, 5.41) is 23.4. The van der Waals surface area contributed by atoms with E-state index in [0.29, 0.717) is 6.54 Å². The van der Waals surface area contributed by atoms with Crippen molar-refractivity contribution in [3.63, 3.8) is 0 Å². The molecule has 4 rings (SSSR count). The van der Waals surface area contributed by atoms with Crippen molar-refractivity contribution >= 4 is 11.8 Å². The Hall–Kier alpha value is -3.55. The Morgan fingerprint density at radius 2 is 1.61 bits per heavy atom. The van der Waals surface area contributed by atoms with Crippen LogP contribution in [0.5, 0.6) is 0 Å². The van der Waals surface area contributed by atoms with Crippen LogP contribution in [0, 0.1) is 0 Å². The number of aliphatic hydroxyl groups excluding tert-OH is 2. The molecule has 2 aromatic carbocycles. The van der Waals surface area contributed by atoms with E-state index in [2.05, 4.69) is 10.3 Å². The van der Waals surface area contributed by atoms with Crippen molar-refractivity contribution in [3.05, 3.63) is 90.3 Å². The van der Waals surface area contributed by atoms with Crippen LogP contribution >= 0.6 is 0 Å². The number of carbonyl (C=O) groups is 2. The molecule has 0 bridgehead atoms. The molecule has 2 heterocycles. The number of pyridine rings is 1. The average molecular weight is 446 g/mol. The number of hydrogen-bond acceptors (Lipinski definition) is 5. The predicted molar refractivity (Wildman–Crippen MR) is 124 cm³/mol. The van der Waals surface area contributed by atoms with Gasteiger partial charge in [0, 0.05) is 25.5 Å². The molecule has 0 radical (unpaired) electrons. The molecule has 1 saturated heterocycles. The standard InChI is InChI=1S/C26H27N3O4/c30-23(24(31)26(33)29-16-4-7-22(29)21-5-2-1-3-6-21)25(32)28-17-18-8-10-19(11-9-18)20-12-14-27-15-13-20/h1-3,5-6,8-15,22-24,30-31H,4,7,16-17H2,(H,28,32)/t22-,23-,24-/m1/s1. The van der Waals surface area contributed by atoms with Crippen LogP contribution in [0.25, 0.3) is 11.1 Å². The van der Waals surface area contributed by atoms with E-state index in [9.17, 15) is 19.8 Å². The average Bonchev–Trinajstić information content (AvgIpc) is 3.37. The van der Waals surface area contributed by atoms with Crippen LogP contribution in [0.1, 0.15) is 30.0 Å². The summed E-state index contributed by atoms with van der Waals surface area (Å²) in [7, 11) is 0. The number of carbonyl (C=O) groups excluding carboxylic acids is 2. The smallest absolute Gasteiger partial charge is 0.255 e. The Labute approximate surface area is 192 Å². The number of hydrogen-bond donors (Lipinski definition) is 3. The lowest BCUT2D eigenvalue weighted by atomic mass is 10.0. The molecule has 1 fully saturated rings. The lowest BCUT2D eigenvalue weighted by Crippen LogP contribution is -2.50. The Kier molecular flexibility index (Phi) is 7.12. The number of likely N-dealkylation sites (tertiary alicyclic amines) is 1. The summed E-state index contributed by atoms with van der Waals surface area (Å²) >= 11 is 0. The molecule has 3 atom stereocenters. The van der Waals surface area contributed by atoms with Gasteiger partial charge >= 0.3 is 0 Å². The molecule has 7 nitrogen and oxygen atoms in total. The molecule has 3 N–H and O–H groups in total. The highest BCUT2D eigenvalue weighted by Crippen LogP contribution is 2.32. The summed E-state index contributed by atoms with van der Waals surface area (Å²) in [6.45, 7) is 0.650. The normalized spacial score (nSPS) is 17.4. The minimum absolute atomic E-state index is 0.164. The lowest BCUT2D eigenvalue weighted by molar-refractivity contribution is -0.153. The van der Waals surface area contributed by atoms with Gasteiger partial charge in [-0.3, -0.25) is 14.6 Å². The molecule has 0 aliphatic carbocycles. The quantitative estimate of drug-likeness (QED) is 0.518. The van der Waals surface area contributed by atoms with Crippen LogP contribution in [-0.4, -0.2) is 50.7 Å². The van der Waals surface area contributed by atoms with E-state index in [-0.39, 0.29) is 12.6 Å². The first kappa shape index (κ1) is 22.6. The van der Waals surface area contributed by atoms with Crippen molar-refractivity contribution in [1.82, 2.24) is 15.2 Å². The van der Waals surface area contributed by atoms with E-state index in [1.54, 1.807) is 17.3 Å². The highest BCUT2D eigenvalue weighted by atomic mass is 16.3. The van der Waals surface area contributed by atoms with E-state index >= 15 is 0 Å². The molecule has 2 amide bonds. The van der Waals surface area contributed by atoms with Crippen LogP contribution in [0.15, 0.2) is 79.1 Å². The van der Waals surface area contributed by atoms with Crippen LogP contribution in [0.2, 0.25) is 0 Å². The van der Waals surface area contributed by atoms with Gasteiger partial charge in [-0.15, -0.1) is 0 Å². The number of aliphatic hydroxyl groups is 2. The van der Waals surface area contributed by atoms with Gasteiger partial charge in [0.25, 0.3) is 11.8 Å². The van der Waals surface area contributed by atoms with Crippen molar-refractivity contribution in [3.8, 4) is 11.1 Å². The maximum atomic E-state index is 12.9. The Bertz CT molecular complexity index is 1070. The molecule has 170 valence electrons. The first-order chi connectivity index (χ1) is 16.0. The fourth-order valence-electron chi connectivity index (χ4n) is 4.15. The van der Waals surface area contributed by atoms with Crippen molar-refractivity contribution < 1.29 is 19.8 Å². The van der Waals surface area contributed by atoms with E-state index in [1.807, 2.05) is 66.7 Å². The van der Waals surface area contributed by atoms with Gasteiger partial charge < -0.3 is 20.4 Å². The monoisotopic (exact) mass is 445 g/mol. The fourth-order valence-corrected chi connectivity index (χ4v) is 4.15. The Morgan fingerprint density at radius 3 is 2.30 bits per heavy atom. The van der Waals surface area contributed by atoms with Gasteiger partial charge in [-0.25, -0.2) is 0 Å². The summed E-state index contributed by atoms with van der Waals surface area (Å²) in [5.41, 5.74) is 3.86. The molecular formula is C26H27N3O4. The Balaban J connectivity index is 1.33. The maximum Gasteiger partial charge on any atom is 0.255 e. The van der Waals surface area contributed by atoms with Crippen LogP contribution in [0.3, 0.4) is 0 Å². The van der Waals surface area contributed by atoms with Gasteiger partial charge in [0.2, 0.25) is 0 Å². The first-order valence-corrected chi connectivity index (χ1v) is 11.0. The van der Waals surface area contributed by atoms with E-state index in [0.717, 1.165) is 35.1 Å². The molecule has 1 aromatic heterocycles. The highest BCUT2D eigenvalue weighted by Gasteiger charge is 2.38. The molecular weight excluding hydrogens is 418 g/mol. The molecule has 33 heavy (non-hydrogen) atoms. The van der Waals surface area contributed by atoms with Gasteiger partial charge in [-0.05, 0) is 47.2 Å². The largest absolute Gasteiger partial charge is 0.380 e. The van der Waals surface area contributed by atoms with Crippen LogP contribution in [-0.2, 0) is 16.1 Å². The molecule has 3 aromatic rings. The first-order valence-electron chi connectivity index (χ1n) is 11.0. The predicted octanol–water partition coefficient (Wildman–Crippen LogP) is 2.45. The zero-order chi connectivity index (χ0) is 23.2. The van der Waals surface area contributed by atoms with E-state index < -0.39 is 24.0 Å². The second-order valence-electron chi connectivity index (χ2n) is 8.14. The Morgan fingerprint density at radius 1 is 0.939 bits per heavy atom. The van der Waals surface area contributed by atoms with Gasteiger partial charge in [0.05, 0.1) is 6.04 Å². The minimum atomic E-state index is -1.84. The van der Waals surface area contributed by atoms with Crippen LogP contribution < -0.4 is 5.32 Å². The van der Waals surface area contributed by atoms with Gasteiger partial charge in [-0.2, -0.15) is 0 Å². The topological polar surface area (TPSA) is 103 Å². The fraction of sp³-hybridized carbons (Fsp3) is 0.269. The minimum Gasteiger partial charge on any atom is -0.380 e. The van der Waals surface area contributed by atoms with Crippen molar-refractivity contribution in [2.24, 2.45) is 0 Å². The van der Waals surface area contributed by atoms with Gasteiger partial charge in [-0.1, -0.05) is 54.6 Å². The van der Waals surface area contributed by atoms with Crippen LogP contribution in [0.4, 0.5) is 0 Å². The van der Waals surface area contributed by atoms with Crippen molar-refractivity contribution in [1.29, 1.82) is 0 Å². The number of nitrogens with zero attached hydrogens (tertiary/aromatic N) is 2. The molecule has 0 spiro atoms. The molecule has 0 unspecified atom stereocenters.